The summed E-state index contributed by atoms with van der Waals surface area (Å²) >= 11 is 1.63. The van der Waals surface area contributed by atoms with Gasteiger partial charge in [-0.2, -0.15) is 11.8 Å². The molecule has 1 heterocycles. The quantitative estimate of drug-likeness (QED) is 0.797. The van der Waals surface area contributed by atoms with Gasteiger partial charge < -0.3 is 14.8 Å². The molecule has 5 heteroatoms. The van der Waals surface area contributed by atoms with Crippen LogP contribution in [-0.4, -0.2) is 29.9 Å². The van der Waals surface area contributed by atoms with Crippen LogP contribution in [0.2, 0.25) is 0 Å². The molecule has 0 unspecified atom stereocenters. The third-order valence-corrected chi connectivity index (χ3v) is 2.40. The van der Waals surface area contributed by atoms with E-state index >= 15 is 0 Å². The molecule has 2 N–H and O–H groups in total. The van der Waals surface area contributed by atoms with E-state index in [0.717, 1.165) is 11.5 Å². The second-order valence-electron chi connectivity index (χ2n) is 3.26. The van der Waals surface area contributed by atoms with Gasteiger partial charge in [-0.3, -0.25) is 4.79 Å². The maximum absolute atomic E-state index is 11.5. The zero-order chi connectivity index (χ0) is 11.3. The van der Waals surface area contributed by atoms with E-state index < -0.39 is 0 Å². The number of aliphatic hydroxyl groups excluding tert-OH is 1. The van der Waals surface area contributed by atoms with Gasteiger partial charge in [0, 0.05) is 6.04 Å². The van der Waals surface area contributed by atoms with Crippen molar-refractivity contribution in [3.05, 3.63) is 23.7 Å². The summed E-state index contributed by atoms with van der Waals surface area (Å²) in [6, 6.07) is 3.17. The number of thioether (sulfide) groups is 1. The summed E-state index contributed by atoms with van der Waals surface area (Å²) in [5.41, 5.74) is 0. The highest BCUT2D eigenvalue weighted by Gasteiger charge is 2.12. The molecular weight excluding hydrogens is 214 g/mol. The summed E-state index contributed by atoms with van der Waals surface area (Å²) in [6.45, 7) is 1.65. The Balaban J connectivity index is 2.58. The summed E-state index contributed by atoms with van der Waals surface area (Å²) in [6.07, 6.45) is 1.97. The molecule has 4 nitrogen and oxygen atoms in total. The molecule has 84 valence electrons. The Bertz CT molecular complexity index is 324. The smallest absolute Gasteiger partial charge is 0.287 e. The van der Waals surface area contributed by atoms with Gasteiger partial charge in [-0.05, 0) is 25.3 Å². The fourth-order valence-electron chi connectivity index (χ4n) is 1.06. The van der Waals surface area contributed by atoms with Crippen LogP contribution in [0.3, 0.4) is 0 Å². The number of carbonyl (C=O) groups excluding carboxylic acids is 1. The number of aliphatic hydroxyl groups is 1. The molecule has 1 aromatic rings. The average molecular weight is 229 g/mol. The van der Waals surface area contributed by atoms with E-state index in [0.29, 0.717) is 5.76 Å². The van der Waals surface area contributed by atoms with Crippen molar-refractivity contribution >= 4 is 17.7 Å². The Morgan fingerprint density at radius 2 is 2.40 bits per heavy atom. The minimum absolute atomic E-state index is 0.0792. The lowest BCUT2D eigenvalue weighted by molar-refractivity contribution is 0.0893. The maximum Gasteiger partial charge on any atom is 0.287 e. The van der Waals surface area contributed by atoms with Crippen molar-refractivity contribution in [2.45, 2.75) is 18.7 Å². The first-order chi connectivity index (χ1) is 7.17. The van der Waals surface area contributed by atoms with E-state index in [-0.39, 0.29) is 18.6 Å². The van der Waals surface area contributed by atoms with Crippen molar-refractivity contribution in [3.8, 4) is 0 Å². The van der Waals surface area contributed by atoms with Crippen LogP contribution in [0, 0.1) is 0 Å². The van der Waals surface area contributed by atoms with Crippen LogP contribution < -0.4 is 5.32 Å². The predicted octanol–water partition coefficient (Wildman–Crippen LogP) is 1.25. The topological polar surface area (TPSA) is 62.5 Å². The number of hydrogen-bond donors (Lipinski definition) is 2. The summed E-state index contributed by atoms with van der Waals surface area (Å²) in [5.74, 6) is 1.54. The van der Waals surface area contributed by atoms with E-state index in [1.807, 2.05) is 6.26 Å². The number of nitrogens with one attached hydrogen (secondary N) is 1. The molecule has 1 atom stereocenters. The summed E-state index contributed by atoms with van der Waals surface area (Å²) < 4.78 is 5.32. The van der Waals surface area contributed by atoms with Crippen molar-refractivity contribution < 1.29 is 14.3 Å². The molecule has 0 saturated carbocycles. The molecule has 1 rings (SSSR count). The molecule has 0 spiro atoms. The molecule has 0 saturated heterocycles. The van der Waals surface area contributed by atoms with Crippen molar-refractivity contribution in [1.82, 2.24) is 5.32 Å². The highest BCUT2D eigenvalue weighted by Crippen LogP contribution is 2.13. The van der Waals surface area contributed by atoms with Crippen molar-refractivity contribution in [3.63, 3.8) is 0 Å². The maximum atomic E-state index is 11.5. The number of amides is 1. The second kappa shape index (κ2) is 5.82. The monoisotopic (exact) mass is 229 g/mol. The zero-order valence-electron chi connectivity index (χ0n) is 8.82. The molecule has 0 aliphatic heterocycles. The standard InChI is InChI=1S/C10H15NO3S/c1-7(5-12)11-10(13)9-4-3-8(14-9)6-15-2/h3-4,7,12H,5-6H2,1-2H3,(H,11,13)/t7-/m0/s1. The van der Waals surface area contributed by atoms with Gasteiger partial charge in [-0.25, -0.2) is 0 Å². The van der Waals surface area contributed by atoms with Crippen molar-refractivity contribution in [1.29, 1.82) is 0 Å². The van der Waals surface area contributed by atoms with Crippen LogP contribution >= 0.6 is 11.8 Å². The normalized spacial score (nSPS) is 12.5. The molecule has 0 aromatic carbocycles. The highest BCUT2D eigenvalue weighted by molar-refractivity contribution is 7.97. The SMILES string of the molecule is CSCc1ccc(C(=O)N[C@@H](C)CO)o1. The largest absolute Gasteiger partial charge is 0.455 e. The van der Waals surface area contributed by atoms with Gasteiger partial charge in [-0.1, -0.05) is 0 Å². The molecule has 0 bridgehead atoms. The van der Waals surface area contributed by atoms with Gasteiger partial charge in [0.25, 0.3) is 5.91 Å². The average Bonchev–Trinajstić information content (AvgIpc) is 2.67. The number of furan rings is 1. The molecule has 0 aliphatic carbocycles. The Morgan fingerprint density at radius 3 is 3.00 bits per heavy atom. The predicted molar refractivity (Wildman–Crippen MR) is 59.9 cm³/mol. The zero-order valence-corrected chi connectivity index (χ0v) is 9.63. The molecule has 0 radical (unpaired) electrons. The van der Waals surface area contributed by atoms with Crippen LogP contribution in [0.1, 0.15) is 23.2 Å². The van der Waals surface area contributed by atoms with Crippen LogP contribution in [0.5, 0.6) is 0 Å². The lowest BCUT2D eigenvalue weighted by atomic mass is 10.3. The van der Waals surface area contributed by atoms with Crippen LogP contribution in [0.25, 0.3) is 0 Å². The van der Waals surface area contributed by atoms with Gasteiger partial charge >= 0.3 is 0 Å². The van der Waals surface area contributed by atoms with E-state index in [4.69, 9.17) is 9.52 Å². The summed E-state index contributed by atoms with van der Waals surface area (Å²) in [5, 5.41) is 11.4. The third-order valence-electron chi connectivity index (χ3n) is 1.82. The number of hydrogen-bond acceptors (Lipinski definition) is 4. The Labute approximate surface area is 93.0 Å². The summed E-state index contributed by atoms with van der Waals surface area (Å²) in [4.78, 5) is 11.5. The van der Waals surface area contributed by atoms with Crippen LogP contribution in [0.4, 0.5) is 0 Å². The van der Waals surface area contributed by atoms with Crippen LogP contribution in [0.15, 0.2) is 16.5 Å². The molecule has 0 fully saturated rings. The lowest BCUT2D eigenvalue weighted by Crippen LogP contribution is -2.34. The first-order valence-electron chi connectivity index (χ1n) is 4.66. The number of rotatable bonds is 5. The van der Waals surface area contributed by atoms with E-state index in [1.165, 1.54) is 0 Å². The Hall–Kier alpha value is -0.940. The lowest BCUT2D eigenvalue weighted by Gasteiger charge is -2.08. The molecule has 0 aliphatic rings. The fourth-order valence-corrected chi connectivity index (χ4v) is 1.50. The van der Waals surface area contributed by atoms with Crippen LogP contribution in [-0.2, 0) is 5.75 Å². The fraction of sp³-hybridized carbons (Fsp3) is 0.500. The van der Waals surface area contributed by atoms with Gasteiger partial charge in [0.15, 0.2) is 5.76 Å². The third kappa shape index (κ3) is 3.60. The van der Waals surface area contributed by atoms with Gasteiger partial charge in [-0.15, -0.1) is 0 Å². The van der Waals surface area contributed by atoms with E-state index in [2.05, 4.69) is 5.32 Å². The first-order valence-corrected chi connectivity index (χ1v) is 6.06. The van der Waals surface area contributed by atoms with Crippen molar-refractivity contribution in [2.24, 2.45) is 0 Å². The minimum Gasteiger partial charge on any atom is -0.455 e. The molecule has 1 amide bonds. The molecule has 1 aromatic heterocycles. The van der Waals surface area contributed by atoms with E-state index in [9.17, 15) is 4.79 Å². The van der Waals surface area contributed by atoms with Gasteiger partial charge in [0.05, 0.1) is 12.4 Å². The van der Waals surface area contributed by atoms with Crippen molar-refractivity contribution in [2.75, 3.05) is 12.9 Å². The van der Waals surface area contributed by atoms with Gasteiger partial charge in [0.2, 0.25) is 0 Å². The Kier molecular flexibility index (Phi) is 4.71. The van der Waals surface area contributed by atoms with Gasteiger partial charge in [0.1, 0.15) is 5.76 Å². The Morgan fingerprint density at radius 1 is 1.67 bits per heavy atom. The second-order valence-corrected chi connectivity index (χ2v) is 4.12. The van der Waals surface area contributed by atoms with E-state index in [1.54, 1.807) is 30.8 Å². The molecular formula is C10H15NO3S. The number of carbonyl (C=O) groups is 1. The summed E-state index contributed by atoms with van der Waals surface area (Å²) in [7, 11) is 0. The minimum atomic E-state index is -0.288. The molecule has 15 heavy (non-hydrogen) atoms. The first kappa shape index (κ1) is 12.1. The highest BCUT2D eigenvalue weighted by atomic mass is 32.2.